The van der Waals surface area contributed by atoms with Gasteiger partial charge in [-0.25, -0.2) is 0 Å². The van der Waals surface area contributed by atoms with Gasteiger partial charge in [-0.2, -0.15) is 0 Å². The van der Waals surface area contributed by atoms with E-state index in [4.69, 9.17) is 0 Å². The first kappa shape index (κ1) is 9.16. The number of pyridine rings is 1. The van der Waals surface area contributed by atoms with Crippen molar-refractivity contribution in [3.63, 3.8) is 0 Å². The van der Waals surface area contributed by atoms with Crippen LogP contribution in [0.4, 0.5) is 0 Å². The van der Waals surface area contributed by atoms with Gasteiger partial charge in [-0.3, -0.25) is 0 Å². The van der Waals surface area contributed by atoms with Crippen molar-refractivity contribution >= 4 is 5.52 Å². The quantitative estimate of drug-likeness (QED) is 0.428. The molecule has 2 heterocycles. The monoisotopic (exact) mass is 208 g/mol. The molecule has 0 aliphatic carbocycles. The SMILES string of the molecule is C[n+]1[c-]n2ccccc2c1-c1ccccc1. The highest BCUT2D eigenvalue weighted by atomic mass is 15.1. The molecule has 0 bridgehead atoms. The smallest absolute Gasteiger partial charge is 0.243 e. The lowest BCUT2D eigenvalue weighted by molar-refractivity contribution is -0.663. The van der Waals surface area contributed by atoms with Crippen LogP contribution in [0.1, 0.15) is 0 Å². The third-order valence-corrected chi connectivity index (χ3v) is 2.74. The zero-order chi connectivity index (χ0) is 11.0. The number of imidazole rings is 1. The van der Waals surface area contributed by atoms with Gasteiger partial charge in [0.15, 0.2) is 0 Å². The van der Waals surface area contributed by atoms with Crippen molar-refractivity contribution in [2.45, 2.75) is 0 Å². The molecular weight excluding hydrogens is 196 g/mol. The van der Waals surface area contributed by atoms with Gasteiger partial charge in [0.1, 0.15) is 0 Å². The van der Waals surface area contributed by atoms with Crippen LogP contribution in [0, 0.1) is 6.33 Å². The molecule has 0 unspecified atom stereocenters. The third-order valence-electron chi connectivity index (χ3n) is 2.74. The normalized spacial score (nSPS) is 10.8. The van der Waals surface area contributed by atoms with Gasteiger partial charge in [0.2, 0.25) is 6.33 Å². The number of aryl methyl sites for hydroxylation is 1. The number of fused-ring (bicyclic) bond motifs is 1. The van der Waals surface area contributed by atoms with Gasteiger partial charge in [0.05, 0.1) is 18.3 Å². The summed E-state index contributed by atoms with van der Waals surface area (Å²) in [4.78, 5) is 0. The minimum atomic E-state index is 1.18. The molecule has 3 aromatic rings. The van der Waals surface area contributed by atoms with E-state index in [1.165, 1.54) is 16.8 Å². The van der Waals surface area contributed by atoms with E-state index in [1.807, 2.05) is 34.3 Å². The van der Waals surface area contributed by atoms with Gasteiger partial charge < -0.3 is 8.97 Å². The van der Waals surface area contributed by atoms with E-state index in [9.17, 15) is 0 Å². The molecule has 0 saturated carbocycles. The summed E-state index contributed by atoms with van der Waals surface area (Å²) in [6.45, 7) is 0. The summed E-state index contributed by atoms with van der Waals surface area (Å²) in [5.41, 5.74) is 3.59. The molecular formula is C14H12N2. The van der Waals surface area contributed by atoms with Gasteiger partial charge in [0.25, 0.3) is 0 Å². The lowest BCUT2D eigenvalue weighted by Crippen LogP contribution is -2.28. The van der Waals surface area contributed by atoms with E-state index in [-0.39, 0.29) is 0 Å². The Balaban J connectivity index is 2.35. The minimum absolute atomic E-state index is 1.18. The Hall–Kier alpha value is -2.09. The first-order chi connectivity index (χ1) is 7.86. The zero-order valence-corrected chi connectivity index (χ0v) is 9.09. The van der Waals surface area contributed by atoms with Crippen LogP contribution in [0.3, 0.4) is 0 Å². The molecule has 0 N–H and O–H groups in total. The van der Waals surface area contributed by atoms with Crippen LogP contribution in [0.2, 0.25) is 0 Å². The first-order valence-electron chi connectivity index (χ1n) is 5.30. The molecule has 0 saturated heterocycles. The van der Waals surface area contributed by atoms with Crippen molar-refractivity contribution in [1.29, 1.82) is 0 Å². The van der Waals surface area contributed by atoms with Crippen molar-refractivity contribution < 1.29 is 4.57 Å². The topological polar surface area (TPSA) is 8.29 Å². The maximum atomic E-state index is 3.26. The molecule has 0 spiro atoms. The molecule has 0 amide bonds. The number of aromatic nitrogens is 2. The number of rotatable bonds is 1. The number of benzene rings is 1. The van der Waals surface area contributed by atoms with Crippen LogP contribution in [0.5, 0.6) is 0 Å². The highest BCUT2D eigenvalue weighted by molar-refractivity contribution is 5.74. The van der Waals surface area contributed by atoms with E-state index in [0.29, 0.717) is 0 Å². The molecule has 0 aliphatic rings. The fraction of sp³-hybridized carbons (Fsp3) is 0.0714. The van der Waals surface area contributed by atoms with E-state index in [1.54, 1.807) is 0 Å². The van der Waals surface area contributed by atoms with Crippen molar-refractivity contribution in [2.75, 3.05) is 0 Å². The maximum Gasteiger partial charge on any atom is 0.243 e. The highest BCUT2D eigenvalue weighted by Gasteiger charge is 2.07. The maximum absolute atomic E-state index is 3.26. The molecule has 2 heteroatoms. The van der Waals surface area contributed by atoms with E-state index in [2.05, 4.69) is 42.7 Å². The van der Waals surface area contributed by atoms with Crippen molar-refractivity contribution in [1.82, 2.24) is 4.40 Å². The summed E-state index contributed by atoms with van der Waals surface area (Å²) in [5.74, 6) is 0. The molecule has 78 valence electrons. The number of nitrogens with zero attached hydrogens (tertiary/aromatic N) is 2. The van der Waals surface area contributed by atoms with Gasteiger partial charge in [0, 0.05) is 6.20 Å². The Morgan fingerprint density at radius 3 is 2.56 bits per heavy atom. The van der Waals surface area contributed by atoms with E-state index in [0.717, 1.165) is 0 Å². The second kappa shape index (κ2) is 3.49. The Bertz CT molecular complexity index is 624. The summed E-state index contributed by atoms with van der Waals surface area (Å²) in [7, 11) is 2.02. The van der Waals surface area contributed by atoms with Crippen molar-refractivity contribution in [2.24, 2.45) is 7.05 Å². The van der Waals surface area contributed by atoms with Gasteiger partial charge in [-0.15, -0.1) is 0 Å². The second-order valence-electron chi connectivity index (χ2n) is 3.83. The molecule has 0 atom stereocenters. The standard InChI is InChI=1S/C14H12N2/c1-15-11-16-10-6-5-9-13(16)14(15)12-7-3-2-4-8-12/h2-10H,1H3. The Kier molecular flexibility index (Phi) is 2.00. The second-order valence-corrected chi connectivity index (χ2v) is 3.83. The highest BCUT2D eigenvalue weighted by Crippen LogP contribution is 2.20. The lowest BCUT2D eigenvalue weighted by Gasteiger charge is -2.03. The molecule has 2 nitrogen and oxygen atoms in total. The predicted molar refractivity (Wildman–Crippen MR) is 62.8 cm³/mol. The molecule has 1 aromatic carbocycles. The molecule has 0 aliphatic heterocycles. The van der Waals surface area contributed by atoms with Crippen LogP contribution in [0.25, 0.3) is 16.8 Å². The van der Waals surface area contributed by atoms with Crippen LogP contribution in [0.15, 0.2) is 54.7 Å². The Labute approximate surface area is 94.4 Å². The fourth-order valence-electron chi connectivity index (χ4n) is 2.04. The molecule has 3 rings (SSSR count). The number of hydrogen-bond acceptors (Lipinski definition) is 0. The Morgan fingerprint density at radius 2 is 1.75 bits per heavy atom. The van der Waals surface area contributed by atoms with E-state index < -0.39 is 0 Å². The van der Waals surface area contributed by atoms with Crippen molar-refractivity contribution in [3.05, 3.63) is 61.1 Å². The van der Waals surface area contributed by atoms with E-state index >= 15 is 0 Å². The minimum Gasteiger partial charge on any atom is -0.325 e. The molecule has 2 aromatic heterocycles. The van der Waals surface area contributed by atoms with Crippen LogP contribution in [-0.4, -0.2) is 4.40 Å². The van der Waals surface area contributed by atoms with Gasteiger partial charge in [-0.05, 0) is 5.56 Å². The summed E-state index contributed by atoms with van der Waals surface area (Å²) in [6.07, 6.45) is 5.27. The summed E-state index contributed by atoms with van der Waals surface area (Å²) in [6, 6.07) is 16.6. The largest absolute Gasteiger partial charge is 0.325 e. The van der Waals surface area contributed by atoms with Gasteiger partial charge in [-0.1, -0.05) is 48.5 Å². The van der Waals surface area contributed by atoms with Gasteiger partial charge >= 0.3 is 0 Å². The summed E-state index contributed by atoms with van der Waals surface area (Å²) in [5, 5.41) is 0. The fourth-order valence-corrected chi connectivity index (χ4v) is 2.04. The van der Waals surface area contributed by atoms with Crippen LogP contribution in [-0.2, 0) is 7.05 Å². The summed E-state index contributed by atoms with van der Waals surface area (Å²) >= 11 is 0. The lowest BCUT2D eigenvalue weighted by atomic mass is 10.1. The average molecular weight is 208 g/mol. The predicted octanol–water partition coefficient (Wildman–Crippen LogP) is 2.23. The Morgan fingerprint density at radius 1 is 1.00 bits per heavy atom. The van der Waals surface area contributed by atoms with Crippen molar-refractivity contribution in [3.8, 4) is 11.3 Å². The number of hydrogen-bond donors (Lipinski definition) is 0. The average Bonchev–Trinajstić information content (AvgIpc) is 2.66. The molecule has 0 fully saturated rings. The summed E-state index contributed by atoms with van der Waals surface area (Å²) < 4.78 is 4.05. The first-order valence-corrected chi connectivity index (χ1v) is 5.30. The third kappa shape index (κ3) is 1.31. The van der Waals surface area contributed by atoms with Crippen LogP contribution >= 0.6 is 0 Å². The zero-order valence-electron chi connectivity index (χ0n) is 9.09. The molecule has 16 heavy (non-hydrogen) atoms. The van der Waals surface area contributed by atoms with Crippen LogP contribution < -0.4 is 4.57 Å². The molecule has 0 radical (unpaired) electrons.